The van der Waals surface area contributed by atoms with Crippen LogP contribution in [0.4, 0.5) is 5.69 Å². The molecule has 0 radical (unpaired) electrons. The zero-order chi connectivity index (χ0) is 14.8. The van der Waals surface area contributed by atoms with Gasteiger partial charge in [-0.15, -0.1) is 0 Å². The zero-order valence-electron chi connectivity index (χ0n) is 10.9. The Kier molecular flexibility index (Phi) is 4.32. The third kappa shape index (κ3) is 3.30. The van der Waals surface area contributed by atoms with Crippen molar-refractivity contribution >= 4 is 27.3 Å². The van der Waals surface area contributed by atoms with E-state index in [4.69, 9.17) is 17.3 Å². The van der Waals surface area contributed by atoms with Crippen LogP contribution in [0.15, 0.2) is 29.6 Å². The van der Waals surface area contributed by atoms with Crippen molar-refractivity contribution < 1.29 is 8.42 Å². The number of benzene rings is 1. The van der Waals surface area contributed by atoms with Gasteiger partial charge in [-0.25, -0.2) is 18.1 Å². The Morgan fingerprint density at radius 1 is 1.45 bits per heavy atom. The van der Waals surface area contributed by atoms with E-state index in [0.717, 1.165) is 11.3 Å². The van der Waals surface area contributed by atoms with Gasteiger partial charge in [0.1, 0.15) is 4.90 Å². The summed E-state index contributed by atoms with van der Waals surface area (Å²) in [7, 11) is -3.68. The molecule has 0 saturated carbocycles. The van der Waals surface area contributed by atoms with E-state index in [2.05, 4.69) is 14.7 Å². The molecule has 0 spiro atoms. The molecule has 0 amide bonds. The summed E-state index contributed by atoms with van der Waals surface area (Å²) in [6, 6.07) is 2.91. The number of sulfonamides is 1. The van der Waals surface area contributed by atoms with E-state index in [1.165, 1.54) is 6.07 Å². The van der Waals surface area contributed by atoms with E-state index in [0.29, 0.717) is 12.1 Å². The number of aromatic amines is 1. The quantitative estimate of drug-likeness (QED) is 0.727. The lowest BCUT2D eigenvalue weighted by Crippen LogP contribution is -2.26. The highest BCUT2D eigenvalue weighted by Gasteiger charge is 2.18. The molecule has 1 aromatic heterocycles. The number of hydrogen-bond donors (Lipinski definition) is 3. The van der Waals surface area contributed by atoms with Crippen LogP contribution >= 0.6 is 11.6 Å². The first-order valence-corrected chi connectivity index (χ1v) is 7.79. The van der Waals surface area contributed by atoms with Gasteiger partial charge in [0, 0.05) is 30.5 Å². The average Bonchev–Trinajstić information content (AvgIpc) is 2.86. The highest BCUT2D eigenvalue weighted by atomic mass is 35.5. The first kappa shape index (κ1) is 14.8. The van der Waals surface area contributed by atoms with Crippen molar-refractivity contribution in [2.75, 3.05) is 12.3 Å². The molecule has 0 bridgehead atoms. The number of nitrogens with zero attached hydrogens (tertiary/aromatic N) is 1. The molecule has 0 aliphatic heterocycles. The minimum absolute atomic E-state index is 0.00752. The van der Waals surface area contributed by atoms with Gasteiger partial charge < -0.3 is 10.7 Å². The molecule has 108 valence electrons. The first-order chi connectivity index (χ1) is 9.40. The number of imidazole rings is 1. The number of nitrogens with two attached hydrogens (primary N) is 1. The Morgan fingerprint density at radius 3 is 2.85 bits per heavy atom. The van der Waals surface area contributed by atoms with Crippen LogP contribution in [-0.2, 0) is 16.4 Å². The number of aromatic nitrogens is 2. The molecule has 0 aliphatic rings. The molecular formula is C12H15ClN4O2S. The van der Waals surface area contributed by atoms with Crippen molar-refractivity contribution in [3.8, 4) is 0 Å². The smallest absolute Gasteiger partial charge is 0.242 e. The highest BCUT2D eigenvalue weighted by Crippen LogP contribution is 2.26. The number of halogens is 1. The van der Waals surface area contributed by atoms with E-state index < -0.39 is 10.0 Å². The van der Waals surface area contributed by atoms with Crippen LogP contribution in [0.1, 0.15) is 11.3 Å². The van der Waals surface area contributed by atoms with Crippen LogP contribution in [-0.4, -0.2) is 24.9 Å². The van der Waals surface area contributed by atoms with Gasteiger partial charge in [-0.1, -0.05) is 11.6 Å². The Morgan fingerprint density at radius 2 is 2.20 bits per heavy atom. The van der Waals surface area contributed by atoms with Gasteiger partial charge in [-0.2, -0.15) is 0 Å². The van der Waals surface area contributed by atoms with Crippen LogP contribution < -0.4 is 10.5 Å². The second-order valence-corrected chi connectivity index (χ2v) is 6.51. The number of anilines is 1. The largest absolute Gasteiger partial charge is 0.398 e. The number of nitrogen functional groups attached to an aromatic ring is 1. The fraction of sp³-hybridized carbons (Fsp3) is 0.250. The van der Waals surface area contributed by atoms with Gasteiger partial charge in [-0.05, 0) is 24.6 Å². The number of nitrogens with one attached hydrogen (secondary N) is 2. The summed E-state index contributed by atoms with van der Waals surface area (Å²) in [5.41, 5.74) is 7.71. The van der Waals surface area contributed by atoms with Crippen molar-refractivity contribution in [3.63, 3.8) is 0 Å². The Bertz CT molecular complexity index is 698. The lowest BCUT2D eigenvalue weighted by Gasteiger charge is -2.10. The molecule has 2 aromatic rings. The molecule has 6 nitrogen and oxygen atoms in total. The van der Waals surface area contributed by atoms with Gasteiger partial charge in [0.25, 0.3) is 0 Å². The molecule has 0 atom stereocenters. The molecule has 0 aliphatic carbocycles. The van der Waals surface area contributed by atoms with Crippen molar-refractivity contribution in [2.24, 2.45) is 0 Å². The summed E-state index contributed by atoms with van der Waals surface area (Å²) in [4.78, 5) is 6.75. The van der Waals surface area contributed by atoms with Gasteiger partial charge >= 0.3 is 0 Å². The molecule has 20 heavy (non-hydrogen) atoms. The minimum Gasteiger partial charge on any atom is -0.398 e. The number of hydrogen-bond acceptors (Lipinski definition) is 4. The Hall–Kier alpha value is -1.57. The van der Waals surface area contributed by atoms with E-state index >= 15 is 0 Å². The second-order valence-electron chi connectivity index (χ2n) is 4.36. The SMILES string of the molecule is Cc1cc(Cl)c(S(=O)(=O)NCCc2cnc[nH]2)cc1N. The summed E-state index contributed by atoms with van der Waals surface area (Å²) in [5.74, 6) is 0. The maximum absolute atomic E-state index is 12.2. The summed E-state index contributed by atoms with van der Waals surface area (Å²) < 4.78 is 26.8. The van der Waals surface area contributed by atoms with Crippen molar-refractivity contribution in [3.05, 3.63) is 40.9 Å². The van der Waals surface area contributed by atoms with Crippen molar-refractivity contribution in [1.29, 1.82) is 0 Å². The molecule has 1 aromatic carbocycles. The van der Waals surface area contributed by atoms with Crippen LogP contribution in [0.2, 0.25) is 5.02 Å². The van der Waals surface area contributed by atoms with Gasteiger partial charge in [0.05, 0.1) is 11.3 Å². The summed E-state index contributed by atoms with van der Waals surface area (Å²) in [6.07, 6.45) is 3.70. The summed E-state index contributed by atoms with van der Waals surface area (Å²) in [6.45, 7) is 2.01. The molecule has 2 rings (SSSR count). The normalized spacial score (nSPS) is 11.7. The molecule has 4 N–H and O–H groups in total. The van der Waals surface area contributed by atoms with E-state index in [9.17, 15) is 8.42 Å². The van der Waals surface area contributed by atoms with Gasteiger partial charge in [0.2, 0.25) is 10.0 Å². The topological polar surface area (TPSA) is 101 Å². The monoisotopic (exact) mass is 314 g/mol. The van der Waals surface area contributed by atoms with Gasteiger partial charge in [0.15, 0.2) is 0 Å². The predicted molar refractivity (Wildman–Crippen MR) is 78.1 cm³/mol. The maximum atomic E-state index is 12.2. The standard InChI is InChI=1S/C12H15ClN4O2S/c1-8-4-10(13)12(5-11(8)14)20(18,19)17-3-2-9-6-15-7-16-9/h4-7,17H,2-3,14H2,1H3,(H,15,16). The molecule has 1 heterocycles. The third-order valence-corrected chi connectivity index (χ3v) is 4.78. The molecular weight excluding hydrogens is 300 g/mol. The van der Waals surface area contributed by atoms with Crippen LogP contribution in [0.5, 0.6) is 0 Å². The van der Waals surface area contributed by atoms with Gasteiger partial charge in [-0.3, -0.25) is 0 Å². The molecule has 0 fully saturated rings. The van der Waals surface area contributed by atoms with Crippen molar-refractivity contribution in [2.45, 2.75) is 18.2 Å². The fourth-order valence-corrected chi connectivity index (χ4v) is 3.34. The van der Waals surface area contributed by atoms with Crippen molar-refractivity contribution in [1.82, 2.24) is 14.7 Å². The van der Waals surface area contributed by atoms with E-state index in [-0.39, 0.29) is 16.5 Å². The highest BCUT2D eigenvalue weighted by molar-refractivity contribution is 7.89. The number of rotatable bonds is 5. The zero-order valence-corrected chi connectivity index (χ0v) is 12.4. The maximum Gasteiger partial charge on any atom is 0.242 e. The Balaban J connectivity index is 2.12. The average molecular weight is 315 g/mol. The molecule has 0 unspecified atom stereocenters. The van der Waals surface area contributed by atoms with E-state index in [1.807, 2.05) is 0 Å². The Labute approximate surface area is 122 Å². The summed E-state index contributed by atoms with van der Waals surface area (Å²) >= 11 is 5.97. The fourth-order valence-electron chi connectivity index (χ4n) is 1.69. The first-order valence-electron chi connectivity index (χ1n) is 5.92. The van der Waals surface area contributed by atoms with Crippen LogP contribution in [0, 0.1) is 6.92 Å². The van der Waals surface area contributed by atoms with Crippen LogP contribution in [0.25, 0.3) is 0 Å². The third-order valence-electron chi connectivity index (χ3n) is 2.85. The molecule has 8 heteroatoms. The number of aryl methyl sites for hydroxylation is 1. The lowest BCUT2D eigenvalue weighted by atomic mass is 10.2. The lowest BCUT2D eigenvalue weighted by molar-refractivity contribution is 0.581. The van der Waals surface area contributed by atoms with Crippen LogP contribution in [0.3, 0.4) is 0 Å². The predicted octanol–water partition coefficient (Wildman–Crippen LogP) is 1.47. The molecule has 0 saturated heterocycles. The minimum atomic E-state index is -3.68. The number of H-pyrrole nitrogens is 1. The summed E-state index contributed by atoms with van der Waals surface area (Å²) in [5, 5.41) is 0.158. The van der Waals surface area contributed by atoms with E-state index in [1.54, 1.807) is 25.5 Å². The second kappa shape index (κ2) is 5.82.